The maximum atomic E-state index is 14.0. The van der Waals surface area contributed by atoms with Gasteiger partial charge in [-0.25, -0.2) is 23.3 Å². The lowest BCUT2D eigenvalue weighted by Crippen LogP contribution is -2.47. The second-order valence-electron chi connectivity index (χ2n) is 16.2. The summed E-state index contributed by atoms with van der Waals surface area (Å²) in [6.07, 6.45) is 8.72. The van der Waals surface area contributed by atoms with Crippen molar-refractivity contribution < 1.29 is 42.4 Å². The highest BCUT2D eigenvalue weighted by Crippen LogP contribution is 2.38. The molecule has 4 unspecified atom stereocenters. The summed E-state index contributed by atoms with van der Waals surface area (Å²) in [5, 5.41) is 8.99. The lowest BCUT2D eigenvalue weighted by atomic mass is 9.99. The van der Waals surface area contributed by atoms with Gasteiger partial charge in [0.15, 0.2) is 0 Å². The Balaban J connectivity index is 0.000000218. The number of aliphatic hydroxyl groups excluding tert-OH is 1. The van der Waals surface area contributed by atoms with Crippen LogP contribution in [-0.2, 0) is 22.7 Å². The van der Waals surface area contributed by atoms with Gasteiger partial charge in [-0.3, -0.25) is 9.80 Å². The fourth-order valence-corrected chi connectivity index (χ4v) is 9.31. The summed E-state index contributed by atoms with van der Waals surface area (Å²) < 4.78 is 50.5. The molecule has 4 saturated heterocycles. The molecule has 0 radical (unpaired) electrons. The second-order valence-corrected chi connectivity index (χ2v) is 16.2. The van der Waals surface area contributed by atoms with Gasteiger partial charge in [0.05, 0.1) is 25.4 Å². The molecule has 4 atom stereocenters. The molecule has 4 aromatic rings. The van der Waals surface area contributed by atoms with Gasteiger partial charge in [-0.15, -0.1) is 0 Å². The molecule has 0 spiro atoms. The van der Waals surface area contributed by atoms with Gasteiger partial charge in [-0.2, -0.15) is 0 Å². The Labute approximate surface area is 352 Å². The number of aliphatic hydroxyl groups is 1. The number of piperidine rings is 2. The van der Waals surface area contributed by atoms with E-state index in [0.29, 0.717) is 59.8 Å². The maximum absolute atomic E-state index is 14.0. The average Bonchev–Trinajstić information content (AvgIpc) is 3.64. The lowest BCUT2D eigenvalue weighted by Gasteiger charge is -2.39. The van der Waals surface area contributed by atoms with Gasteiger partial charge in [-0.1, -0.05) is 72.8 Å². The molecule has 4 heterocycles. The molecular formula is C48H57F2N3O7. The molecule has 4 fully saturated rings. The van der Waals surface area contributed by atoms with Crippen molar-refractivity contribution in [2.45, 2.75) is 114 Å². The quantitative estimate of drug-likeness (QED) is 0.126. The van der Waals surface area contributed by atoms with E-state index in [0.717, 1.165) is 62.9 Å². The van der Waals surface area contributed by atoms with Crippen molar-refractivity contribution in [1.29, 1.82) is 0 Å². The molecule has 0 aromatic heterocycles. The van der Waals surface area contributed by atoms with Crippen molar-refractivity contribution in [2.24, 2.45) is 0 Å². The monoisotopic (exact) mass is 825 g/mol. The van der Waals surface area contributed by atoms with Gasteiger partial charge in [-0.05, 0) is 101 Å². The van der Waals surface area contributed by atoms with E-state index >= 15 is 0 Å². The molecule has 60 heavy (non-hydrogen) atoms. The van der Waals surface area contributed by atoms with Crippen molar-refractivity contribution in [3.05, 3.63) is 132 Å². The van der Waals surface area contributed by atoms with Crippen LogP contribution < -0.4 is 9.47 Å². The molecule has 12 heteroatoms. The summed E-state index contributed by atoms with van der Waals surface area (Å²) in [5.74, 6) is 0.297. The number of rotatable bonds is 15. The Hall–Kier alpha value is -4.72. The van der Waals surface area contributed by atoms with E-state index in [1.165, 1.54) is 25.0 Å². The maximum Gasteiger partial charge on any atom is 0.424 e. The molecule has 4 bridgehead atoms. The van der Waals surface area contributed by atoms with Crippen LogP contribution in [-0.4, -0.2) is 94.6 Å². The van der Waals surface area contributed by atoms with E-state index in [2.05, 4.69) is 9.80 Å². The summed E-state index contributed by atoms with van der Waals surface area (Å²) in [4.78, 5) is 32.0. The Morgan fingerprint density at radius 2 is 0.950 bits per heavy atom. The number of nitrogens with zero attached hydrogens (tertiary/aromatic N) is 3. The first kappa shape index (κ1) is 43.4. The molecule has 1 N–H and O–H groups in total. The predicted molar refractivity (Wildman–Crippen MR) is 223 cm³/mol. The molecule has 2 amide bonds. The number of benzene rings is 4. The number of hydrogen-bond donors (Lipinski definition) is 1. The molecule has 4 aromatic carbocycles. The first-order chi connectivity index (χ1) is 29.3. The van der Waals surface area contributed by atoms with Crippen molar-refractivity contribution in [1.82, 2.24) is 14.7 Å². The number of imide groups is 1. The fourth-order valence-electron chi connectivity index (χ4n) is 9.31. The highest BCUT2D eigenvalue weighted by Gasteiger charge is 2.42. The molecule has 0 saturated carbocycles. The molecular weight excluding hydrogens is 769 g/mol. The second kappa shape index (κ2) is 21.7. The van der Waals surface area contributed by atoms with Gasteiger partial charge >= 0.3 is 12.2 Å². The van der Waals surface area contributed by atoms with Crippen LogP contribution in [0.4, 0.5) is 18.4 Å². The normalized spacial score (nSPS) is 23.4. The zero-order valence-corrected chi connectivity index (χ0v) is 34.2. The Kier molecular flexibility index (Phi) is 15.7. The van der Waals surface area contributed by atoms with E-state index in [-0.39, 0.29) is 43.6 Å². The zero-order chi connectivity index (χ0) is 41.7. The number of halogens is 2. The molecule has 0 aliphatic carbocycles. The number of para-hydroxylation sites is 2. The third-order valence-corrected chi connectivity index (χ3v) is 12.3. The third kappa shape index (κ3) is 11.8. The molecule has 4 aliphatic heterocycles. The standard InChI is InChI=1S/C31H33FN2O5.C17H24FNO2/c32-29-15-8-7-10-23(29)22-37-28-20-24-16-17-25(21-28)33(24)18-9-19-34(30(35)38-26-11-3-1-4-12-26)31(36)39-27-13-5-2-6-14-27;18-17-5-2-1-4-13(17)12-21-16-10-14-6-7-15(11-16)19(14)8-3-9-20/h1-8,10-15,24-25,28H,9,16-22H2;1-2,4-5,14-16,20H,3,6-12H2. The zero-order valence-electron chi connectivity index (χ0n) is 34.2. The molecule has 10 nitrogen and oxygen atoms in total. The summed E-state index contributed by atoms with van der Waals surface area (Å²) in [7, 11) is 0. The van der Waals surface area contributed by atoms with Crippen LogP contribution in [0.25, 0.3) is 0 Å². The smallest absolute Gasteiger partial charge is 0.410 e. The SMILES string of the molecule is O=C(Oc1ccccc1)N(CCCN1C2CCC1CC(OCc1ccccc1F)C2)C(=O)Oc1ccccc1.OCCCN1C2CCC1CC(OCc1ccccc1F)C2. The fraction of sp³-hybridized carbons (Fsp3) is 0.458. The topological polar surface area (TPSA) is 101 Å². The van der Waals surface area contributed by atoms with Gasteiger partial charge in [0.1, 0.15) is 23.1 Å². The Morgan fingerprint density at radius 1 is 0.567 bits per heavy atom. The van der Waals surface area contributed by atoms with Crippen LogP contribution in [0.15, 0.2) is 109 Å². The van der Waals surface area contributed by atoms with Crippen LogP contribution in [0.5, 0.6) is 11.5 Å². The van der Waals surface area contributed by atoms with Gasteiger partial charge in [0.25, 0.3) is 0 Å². The minimum Gasteiger partial charge on any atom is -0.410 e. The predicted octanol–water partition coefficient (Wildman–Crippen LogP) is 9.15. The van der Waals surface area contributed by atoms with E-state index in [9.17, 15) is 18.4 Å². The summed E-state index contributed by atoms with van der Waals surface area (Å²) in [6.45, 7) is 2.81. The van der Waals surface area contributed by atoms with Crippen LogP contribution in [0.1, 0.15) is 75.3 Å². The van der Waals surface area contributed by atoms with E-state index in [1.54, 1.807) is 72.8 Å². The number of hydrogen-bond acceptors (Lipinski definition) is 9. The van der Waals surface area contributed by atoms with E-state index in [1.807, 2.05) is 24.3 Å². The van der Waals surface area contributed by atoms with Gasteiger partial charge in [0.2, 0.25) is 0 Å². The van der Waals surface area contributed by atoms with Crippen LogP contribution in [0.2, 0.25) is 0 Å². The summed E-state index contributed by atoms with van der Waals surface area (Å²) >= 11 is 0. The van der Waals surface area contributed by atoms with Crippen LogP contribution in [0.3, 0.4) is 0 Å². The first-order valence-corrected chi connectivity index (χ1v) is 21.5. The largest absolute Gasteiger partial charge is 0.424 e. The number of fused-ring (bicyclic) bond motifs is 4. The lowest BCUT2D eigenvalue weighted by molar-refractivity contribution is -0.0299. The Morgan fingerprint density at radius 3 is 1.35 bits per heavy atom. The van der Waals surface area contributed by atoms with Crippen molar-refractivity contribution in [3.63, 3.8) is 0 Å². The highest BCUT2D eigenvalue weighted by atomic mass is 19.1. The Bertz CT molecular complexity index is 1880. The van der Waals surface area contributed by atoms with Crippen molar-refractivity contribution >= 4 is 12.2 Å². The number of carbonyl (C=O) groups is 2. The van der Waals surface area contributed by atoms with Gasteiger partial charge in [0, 0.05) is 61.5 Å². The van der Waals surface area contributed by atoms with E-state index < -0.39 is 12.2 Å². The summed E-state index contributed by atoms with van der Waals surface area (Å²) in [6, 6.07) is 32.8. The van der Waals surface area contributed by atoms with Crippen molar-refractivity contribution in [2.75, 3.05) is 26.2 Å². The average molecular weight is 826 g/mol. The van der Waals surface area contributed by atoms with Crippen molar-refractivity contribution in [3.8, 4) is 11.5 Å². The number of carbonyl (C=O) groups excluding carboxylic acids is 2. The minimum atomic E-state index is -0.773. The number of ether oxygens (including phenoxy) is 4. The molecule has 8 rings (SSSR count). The van der Waals surface area contributed by atoms with Crippen LogP contribution >= 0.6 is 0 Å². The number of amides is 2. The molecule has 4 aliphatic rings. The third-order valence-electron chi connectivity index (χ3n) is 12.3. The first-order valence-electron chi connectivity index (χ1n) is 21.5. The minimum absolute atomic E-state index is 0.0940. The summed E-state index contributed by atoms with van der Waals surface area (Å²) in [5.41, 5.74) is 1.23. The highest BCUT2D eigenvalue weighted by molar-refractivity contribution is 5.89. The molecule has 320 valence electrons. The van der Waals surface area contributed by atoms with Crippen LogP contribution in [0, 0.1) is 11.6 Å². The van der Waals surface area contributed by atoms with Gasteiger partial charge < -0.3 is 24.1 Å². The van der Waals surface area contributed by atoms with E-state index in [4.69, 9.17) is 24.1 Å².